The maximum absolute atomic E-state index is 12.7. The second-order valence-corrected chi connectivity index (χ2v) is 9.56. The van der Waals surface area contributed by atoms with Crippen LogP contribution in [-0.2, 0) is 21.4 Å². The van der Waals surface area contributed by atoms with E-state index >= 15 is 0 Å². The molecule has 1 saturated heterocycles. The van der Waals surface area contributed by atoms with Crippen LogP contribution in [0.15, 0.2) is 47.5 Å². The summed E-state index contributed by atoms with van der Waals surface area (Å²) in [6.45, 7) is 5.42. The highest BCUT2D eigenvalue weighted by atomic mass is 32.2. The highest BCUT2D eigenvalue weighted by molar-refractivity contribution is 7.89. The van der Waals surface area contributed by atoms with Gasteiger partial charge in [-0.15, -0.1) is 0 Å². The van der Waals surface area contributed by atoms with Crippen LogP contribution in [0.2, 0.25) is 0 Å². The van der Waals surface area contributed by atoms with Gasteiger partial charge < -0.3 is 14.8 Å². The first-order valence-electron chi connectivity index (χ1n) is 9.85. The Bertz CT molecular complexity index is 963. The summed E-state index contributed by atoms with van der Waals surface area (Å²) in [5.74, 6) is -0.0995. The van der Waals surface area contributed by atoms with Gasteiger partial charge in [-0.2, -0.15) is 4.31 Å². The lowest BCUT2D eigenvalue weighted by Gasteiger charge is -2.31. The van der Waals surface area contributed by atoms with E-state index in [-0.39, 0.29) is 16.8 Å². The fourth-order valence-corrected chi connectivity index (χ4v) is 5.74. The summed E-state index contributed by atoms with van der Waals surface area (Å²) in [5.41, 5.74) is 1.77. The standard InChI is InChI=1S/C20H26N4O3S/c1-16-19-8-5-9-22(19)12-13-23(16)15-20(25)21-17-6-4-7-18(14-17)28(26,27)24-10-2-3-11-24/h4-9,14,16H,2-3,10-13,15H2,1H3,(H,21,25)/p+1/t16-/m1/s1. The molecule has 1 fully saturated rings. The van der Waals surface area contributed by atoms with Gasteiger partial charge in [0.05, 0.1) is 23.7 Å². The molecule has 2 aliphatic rings. The van der Waals surface area contributed by atoms with Crippen LogP contribution in [0.25, 0.3) is 0 Å². The summed E-state index contributed by atoms with van der Waals surface area (Å²) in [7, 11) is -3.49. The maximum atomic E-state index is 12.7. The molecule has 0 spiro atoms. The molecule has 1 unspecified atom stereocenters. The molecule has 28 heavy (non-hydrogen) atoms. The maximum Gasteiger partial charge on any atom is 0.279 e. The Balaban J connectivity index is 1.43. The molecule has 1 amide bonds. The first-order valence-corrected chi connectivity index (χ1v) is 11.3. The van der Waals surface area contributed by atoms with Crippen LogP contribution in [0.1, 0.15) is 31.5 Å². The zero-order valence-corrected chi connectivity index (χ0v) is 16.9. The van der Waals surface area contributed by atoms with Crippen molar-refractivity contribution < 1.29 is 18.1 Å². The SMILES string of the molecule is C[C@@H]1c2cccn2CC[NH+]1CC(=O)Nc1cccc(S(=O)(=O)N2CCCC2)c1. The number of fused-ring (bicyclic) bond motifs is 1. The van der Waals surface area contributed by atoms with Crippen molar-refractivity contribution in [1.29, 1.82) is 0 Å². The normalized spacial score (nSPS) is 22.8. The van der Waals surface area contributed by atoms with Gasteiger partial charge in [0.1, 0.15) is 6.04 Å². The number of hydrogen-bond donors (Lipinski definition) is 2. The third-order valence-electron chi connectivity index (χ3n) is 5.80. The number of carbonyl (C=O) groups is 1. The Labute approximate surface area is 166 Å². The number of carbonyl (C=O) groups excluding carboxylic acids is 1. The van der Waals surface area contributed by atoms with Crippen molar-refractivity contribution in [3.8, 4) is 0 Å². The smallest absolute Gasteiger partial charge is 0.279 e. The molecule has 2 aliphatic heterocycles. The zero-order chi connectivity index (χ0) is 19.7. The molecular weight excluding hydrogens is 376 g/mol. The molecule has 0 aliphatic carbocycles. The molecule has 7 nitrogen and oxygen atoms in total. The number of nitrogens with one attached hydrogen (secondary N) is 2. The summed E-state index contributed by atoms with van der Waals surface area (Å²) >= 11 is 0. The largest absolute Gasteiger partial charge is 0.341 e. The molecule has 2 N–H and O–H groups in total. The second-order valence-electron chi connectivity index (χ2n) is 7.62. The minimum Gasteiger partial charge on any atom is -0.341 e. The monoisotopic (exact) mass is 403 g/mol. The number of nitrogens with zero attached hydrogens (tertiary/aromatic N) is 2. The number of anilines is 1. The third kappa shape index (κ3) is 3.72. The van der Waals surface area contributed by atoms with Crippen molar-refractivity contribution in [2.75, 3.05) is 31.5 Å². The van der Waals surface area contributed by atoms with Crippen LogP contribution >= 0.6 is 0 Å². The molecule has 4 rings (SSSR count). The second kappa shape index (κ2) is 7.69. The highest BCUT2D eigenvalue weighted by Crippen LogP contribution is 2.23. The topological polar surface area (TPSA) is 75.8 Å². The molecule has 3 heterocycles. The highest BCUT2D eigenvalue weighted by Gasteiger charge is 2.29. The van der Waals surface area contributed by atoms with Crippen LogP contribution in [-0.4, -0.2) is 49.4 Å². The number of aromatic nitrogens is 1. The van der Waals surface area contributed by atoms with Gasteiger partial charge in [0, 0.05) is 25.0 Å². The number of rotatable bonds is 5. The molecular formula is C20H27N4O3S+. The Morgan fingerprint density at radius 3 is 2.75 bits per heavy atom. The van der Waals surface area contributed by atoms with E-state index in [9.17, 15) is 13.2 Å². The van der Waals surface area contributed by atoms with Crippen molar-refractivity contribution in [1.82, 2.24) is 8.87 Å². The quantitative estimate of drug-likeness (QED) is 0.778. The first kappa shape index (κ1) is 19.2. The zero-order valence-electron chi connectivity index (χ0n) is 16.1. The van der Waals surface area contributed by atoms with E-state index in [1.165, 1.54) is 14.9 Å². The molecule has 150 valence electrons. The Hall–Kier alpha value is -2.16. The molecule has 1 aromatic carbocycles. The lowest BCUT2D eigenvalue weighted by molar-refractivity contribution is -0.926. The molecule has 2 aromatic rings. The van der Waals surface area contributed by atoms with E-state index in [0.717, 1.165) is 25.9 Å². The average Bonchev–Trinajstić information content (AvgIpc) is 3.36. The lowest BCUT2D eigenvalue weighted by Crippen LogP contribution is -3.14. The summed E-state index contributed by atoms with van der Waals surface area (Å²) in [5, 5.41) is 2.88. The number of amides is 1. The Kier molecular flexibility index (Phi) is 5.27. The molecule has 0 bridgehead atoms. The van der Waals surface area contributed by atoms with Crippen molar-refractivity contribution in [2.45, 2.75) is 37.2 Å². The van der Waals surface area contributed by atoms with E-state index < -0.39 is 10.0 Å². The van der Waals surface area contributed by atoms with E-state index in [2.05, 4.69) is 29.1 Å². The van der Waals surface area contributed by atoms with E-state index in [0.29, 0.717) is 25.3 Å². The van der Waals surface area contributed by atoms with Crippen LogP contribution in [0.4, 0.5) is 5.69 Å². The molecule has 1 aromatic heterocycles. The summed E-state index contributed by atoms with van der Waals surface area (Å²) in [6.07, 6.45) is 3.88. The molecule has 0 radical (unpaired) electrons. The number of quaternary nitrogens is 1. The van der Waals surface area contributed by atoms with Crippen molar-refractivity contribution in [2.24, 2.45) is 0 Å². The predicted octanol–water partition coefficient (Wildman–Crippen LogP) is 0.871. The van der Waals surface area contributed by atoms with Gasteiger partial charge in [-0.05, 0) is 50.1 Å². The fraction of sp³-hybridized carbons (Fsp3) is 0.450. The van der Waals surface area contributed by atoms with Crippen LogP contribution in [0, 0.1) is 0 Å². The van der Waals surface area contributed by atoms with Gasteiger partial charge in [0.15, 0.2) is 6.54 Å². The summed E-state index contributed by atoms with van der Waals surface area (Å²) < 4.78 is 29.2. The van der Waals surface area contributed by atoms with Crippen molar-refractivity contribution in [3.63, 3.8) is 0 Å². The predicted molar refractivity (Wildman–Crippen MR) is 107 cm³/mol. The first-order chi connectivity index (χ1) is 13.4. The lowest BCUT2D eigenvalue weighted by atomic mass is 10.1. The van der Waals surface area contributed by atoms with E-state index in [1.54, 1.807) is 24.3 Å². The van der Waals surface area contributed by atoms with Crippen LogP contribution in [0.3, 0.4) is 0 Å². The number of sulfonamides is 1. The van der Waals surface area contributed by atoms with Crippen molar-refractivity contribution in [3.05, 3.63) is 48.3 Å². The summed E-state index contributed by atoms with van der Waals surface area (Å²) in [6, 6.07) is 11.0. The van der Waals surface area contributed by atoms with Crippen LogP contribution in [0.5, 0.6) is 0 Å². The van der Waals surface area contributed by atoms with Gasteiger partial charge in [-0.3, -0.25) is 4.79 Å². The molecule has 2 atom stereocenters. The average molecular weight is 404 g/mol. The molecule has 0 saturated carbocycles. The fourth-order valence-electron chi connectivity index (χ4n) is 4.18. The van der Waals surface area contributed by atoms with Gasteiger partial charge in [0.25, 0.3) is 5.91 Å². The van der Waals surface area contributed by atoms with Gasteiger partial charge in [-0.25, -0.2) is 8.42 Å². The minimum atomic E-state index is -3.49. The van der Waals surface area contributed by atoms with Crippen molar-refractivity contribution >= 4 is 21.6 Å². The van der Waals surface area contributed by atoms with Crippen LogP contribution < -0.4 is 10.2 Å². The number of benzene rings is 1. The third-order valence-corrected chi connectivity index (χ3v) is 7.70. The summed E-state index contributed by atoms with van der Waals surface area (Å²) in [4.78, 5) is 14.0. The van der Waals surface area contributed by atoms with Gasteiger partial charge >= 0.3 is 0 Å². The number of hydrogen-bond acceptors (Lipinski definition) is 3. The Morgan fingerprint density at radius 2 is 1.96 bits per heavy atom. The van der Waals surface area contributed by atoms with E-state index in [4.69, 9.17) is 0 Å². The van der Waals surface area contributed by atoms with E-state index in [1.807, 2.05) is 6.07 Å². The van der Waals surface area contributed by atoms with Gasteiger partial charge in [-0.1, -0.05) is 6.07 Å². The molecule has 8 heteroatoms. The minimum absolute atomic E-state index is 0.0995. The Morgan fingerprint density at radius 1 is 1.18 bits per heavy atom. The van der Waals surface area contributed by atoms with Gasteiger partial charge in [0.2, 0.25) is 10.0 Å².